The molecule has 1 atom stereocenters. The first-order valence-corrected chi connectivity index (χ1v) is 12.5. The smallest absolute Gasteiger partial charge is 0.159 e. The number of hydrogen-bond donors (Lipinski definition) is 5. The monoisotopic (exact) mass is 464 g/mol. The van der Waals surface area contributed by atoms with E-state index in [9.17, 15) is 0 Å². The fraction of sp³-hybridized carbons (Fsp3) is 0.520. The van der Waals surface area contributed by atoms with Crippen molar-refractivity contribution in [1.82, 2.24) is 25.2 Å². The van der Waals surface area contributed by atoms with Crippen LogP contribution in [0.4, 0.5) is 17.3 Å². The van der Waals surface area contributed by atoms with Crippen molar-refractivity contribution in [1.29, 1.82) is 0 Å². The highest BCUT2D eigenvalue weighted by Crippen LogP contribution is 2.30. The van der Waals surface area contributed by atoms with Gasteiger partial charge in [-0.15, -0.1) is 0 Å². The standard InChI is InChI=1S/C25H36N8O/c1-17-24(30-19-7-5-18(26)6-8-19)32-23-9-11-29-33(23)25(17)31-20-3-2-4-22(15-20)34-14-10-21-16-27-12-13-28-21/h2-4,9,11,15,18-19,21,27-28,31H,5-8,10,12-14,16,26H2,1H3,(H,30,32). The minimum atomic E-state index is 0.326. The van der Waals surface area contributed by atoms with Crippen molar-refractivity contribution in [3.63, 3.8) is 0 Å². The van der Waals surface area contributed by atoms with Gasteiger partial charge in [-0.1, -0.05) is 6.07 Å². The molecule has 3 aromatic rings. The molecule has 0 spiro atoms. The second-order valence-electron chi connectivity index (χ2n) is 9.44. The average Bonchev–Trinajstić information content (AvgIpc) is 3.32. The van der Waals surface area contributed by atoms with Crippen molar-refractivity contribution < 1.29 is 4.74 Å². The van der Waals surface area contributed by atoms with Gasteiger partial charge in [-0.3, -0.25) is 0 Å². The number of benzene rings is 1. The Morgan fingerprint density at radius 3 is 2.88 bits per heavy atom. The molecule has 1 saturated heterocycles. The number of aromatic nitrogens is 3. The molecule has 5 rings (SSSR count). The van der Waals surface area contributed by atoms with Crippen LogP contribution in [0.1, 0.15) is 37.7 Å². The third kappa shape index (κ3) is 5.43. The molecule has 1 aliphatic heterocycles. The summed E-state index contributed by atoms with van der Waals surface area (Å²) in [4.78, 5) is 4.83. The van der Waals surface area contributed by atoms with E-state index in [2.05, 4.69) is 33.3 Å². The normalized spacial score (nSPS) is 23.1. The summed E-state index contributed by atoms with van der Waals surface area (Å²) in [6, 6.07) is 11.2. The van der Waals surface area contributed by atoms with E-state index >= 15 is 0 Å². The minimum absolute atomic E-state index is 0.326. The number of hydrogen-bond acceptors (Lipinski definition) is 8. The largest absolute Gasteiger partial charge is 0.493 e. The molecule has 0 amide bonds. The minimum Gasteiger partial charge on any atom is -0.493 e. The van der Waals surface area contributed by atoms with Gasteiger partial charge < -0.3 is 31.7 Å². The topological polar surface area (TPSA) is 114 Å². The molecule has 1 saturated carbocycles. The Morgan fingerprint density at radius 1 is 1.18 bits per heavy atom. The third-order valence-electron chi connectivity index (χ3n) is 6.84. The highest BCUT2D eigenvalue weighted by atomic mass is 16.5. The first-order chi connectivity index (χ1) is 16.7. The molecule has 0 radical (unpaired) electrons. The molecule has 9 heteroatoms. The third-order valence-corrected chi connectivity index (χ3v) is 6.84. The highest BCUT2D eigenvalue weighted by molar-refractivity contribution is 5.69. The lowest BCUT2D eigenvalue weighted by molar-refractivity contribution is 0.274. The lowest BCUT2D eigenvalue weighted by Crippen LogP contribution is -2.48. The summed E-state index contributed by atoms with van der Waals surface area (Å²) in [5, 5.41) is 18.7. The Kier molecular flexibility index (Phi) is 7.13. The SMILES string of the molecule is Cc1c(NC2CCC(N)CC2)nc2ccnn2c1Nc1cccc(OCCC2CNCCN2)c1. The van der Waals surface area contributed by atoms with E-state index in [1.807, 2.05) is 34.8 Å². The fourth-order valence-electron chi connectivity index (χ4n) is 4.80. The lowest BCUT2D eigenvalue weighted by Gasteiger charge is -2.28. The average molecular weight is 465 g/mol. The summed E-state index contributed by atoms with van der Waals surface area (Å²) in [7, 11) is 0. The Balaban J connectivity index is 1.29. The molecule has 2 aromatic heterocycles. The Labute approximate surface area is 200 Å². The molecular weight excluding hydrogens is 428 g/mol. The number of rotatable bonds is 8. The van der Waals surface area contributed by atoms with Crippen LogP contribution in [0.15, 0.2) is 36.5 Å². The van der Waals surface area contributed by atoms with Crippen LogP contribution < -0.4 is 31.7 Å². The zero-order chi connectivity index (χ0) is 23.3. The number of piperazine rings is 1. The second kappa shape index (κ2) is 10.6. The molecular formula is C25H36N8O. The number of ether oxygens (including phenoxy) is 1. The van der Waals surface area contributed by atoms with E-state index in [1.54, 1.807) is 6.20 Å². The van der Waals surface area contributed by atoms with Crippen LogP contribution >= 0.6 is 0 Å². The molecule has 6 N–H and O–H groups in total. The zero-order valence-electron chi connectivity index (χ0n) is 19.9. The number of nitrogens with zero attached hydrogens (tertiary/aromatic N) is 3. The van der Waals surface area contributed by atoms with Crippen molar-refractivity contribution in [2.45, 2.75) is 57.2 Å². The number of fused-ring (bicyclic) bond motifs is 1. The van der Waals surface area contributed by atoms with Crippen LogP contribution in [-0.4, -0.2) is 59.0 Å². The van der Waals surface area contributed by atoms with Crippen LogP contribution in [0.2, 0.25) is 0 Å². The predicted octanol–water partition coefficient (Wildman–Crippen LogP) is 2.79. The van der Waals surface area contributed by atoms with E-state index < -0.39 is 0 Å². The first-order valence-electron chi connectivity index (χ1n) is 12.5. The van der Waals surface area contributed by atoms with Gasteiger partial charge in [0, 0.05) is 61.1 Å². The molecule has 2 fully saturated rings. The van der Waals surface area contributed by atoms with Gasteiger partial charge in [0.1, 0.15) is 17.4 Å². The van der Waals surface area contributed by atoms with Crippen molar-refractivity contribution in [2.75, 3.05) is 36.9 Å². The van der Waals surface area contributed by atoms with Gasteiger partial charge in [0.2, 0.25) is 0 Å². The van der Waals surface area contributed by atoms with Crippen LogP contribution in [0.3, 0.4) is 0 Å². The van der Waals surface area contributed by atoms with Crippen molar-refractivity contribution in [2.24, 2.45) is 5.73 Å². The molecule has 2 aliphatic rings. The van der Waals surface area contributed by atoms with Gasteiger partial charge in [0.25, 0.3) is 0 Å². The molecule has 182 valence electrons. The number of anilines is 3. The Hall–Kier alpha value is -2.88. The quantitative estimate of drug-likeness (QED) is 0.346. The van der Waals surface area contributed by atoms with Gasteiger partial charge in [-0.2, -0.15) is 9.61 Å². The Bertz CT molecular complexity index is 1090. The number of nitrogens with two attached hydrogens (primary N) is 1. The molecule has 1 unspecified atom stereocenters. The summed E-state index contributed by atoms with van der Waals surface area (Å²) < 4.78 is 7.91. The van der Waals surface area contributed by atoms with Crippen molar-refractivity contribution >= 4 is 23.0 Å². The van der Waals surface area contributed by atoms with Crippen LogP contribution in [0, 0.1) is 6.92 Å². The van der Waals surface area contributed by atoms with Gasteiger partial charge >= 0.3 is 0 Å². The number of nitrogens with one attached hydrogen (secondary N) is 4. The van der Waals surface area contributed by atoms with Gasteiger partial charge in [-0.25, -0.2) is 4.98 Å². The Morgan fingerprint density at radius 2 is 2.06 bits per heavy atom. The lowest BCUT2D eigenvalue weighted by atomic mass is 9.92. The van der Waals surface area contributed by atoms with Gasteiger partial charge in [0.15, 0.2) is 5.65 Å². The summed E-state index contributed by atoms with van der Waals surface area (Å²) in [6.07, 6.45) is 7.00. The van der Waals surface area contributed by atoms with E-state index in [0.717, 1.165) is 86.0 Å². The first kappa shape index (κ1) is 22.9. The molecule has 1 aromatic carbocycles. The zero-order valence-corrected chi connectivity index (χ0v) is 19.9. The summed E-state index contributed by atoms with van der Waals surface area (Å²) in [6.45, 7) is 5.81. The molecule has 0 bridgehead atoms. The summed E-state index contributed by atoms with van der Waals surface area (Å²) >= 11 is 0. The molecule has 9 nitrogen and oxygen atoms in total. The predicted molar refractivity (Wildman–Crippen MR) is 136 cm³/mol. The highest BCUT2D eigenvalue weighted by Gasteiger charge is 2.21. The van der Waals surface area contributed by atoms with Crippen molar-refractivity contribution in [3.8, 4) is 5.75 Å². The molecule has 34 heavy (non-hydrogen) atoms. The fourth-order valence-corrected chi connectivity index (χ4v) is 4.80. The summed E-state index contributed by atoms with van der Waals surface area (Å²) in [5.74, 6) is 2.66. The molecule has 1 aliphatic carbocycles. The van der Waals surface area contributed by atoms with Crippen molar-refractivity contribution in [3.05, 3.63) is 42.1 Å². The van der Waals surface area contributed by atoms with E-state index in [-0.39, 0.29) is 0 Å². The maximum Gasteiger partial charge on any atom is 0.159 e. The van der Waals surface area contributed by atoms with E-state index in [1.165, 1.54) is 0 Å². The maximum atomic E-state index is 6.09. The van der Waals surface area contributed by atoms with Gasteiger partial charge in [-0.05, 0) is 51.2 Å². The van der Waals surface area contributed by atoms with Crippen LogP contribution in [0.25, 0.3) is 5.65 Å². The van der Waals surface area contributed by atoms with E-state index in [4.69, 9.17) is 15.5 Å². The van der Waals surface area contributed by atoms with Crippen LogP contribution in [0.5, 0.6) is 5.75 Å². The van der Waals surface area contributed by atoms with Crippen LogP contribution in [-0.2, 0) is 0 Å². The summed E-state index contributed by atoms with van der Waals surface area (Å²) in [5.41, 5.74) is 8.89. The molecule has 3 heterocycles. The second-order valence-corrected chi connectivity index (χ2v) is 9.44. The van der Waals surface area contributed by atoms with Gasteiger partial charge in [0.05, 0.1) is 12.8 Å². The maximum absolute atomic E-state index is 6.09. The van der Waals surface area contributed by atoms with E-state index in [0.29, 0.717) is 24.7 Å².